The van der Waals surface area contributed by atoms with Gasteiger partial charge in [-0.05, 0) is 56.2 Å². The van der Waals surface area contributed by atoms with Crippen LogP contribution >= 0.6 is 0 Å². The van der Waals surface area contributed by atoms with E-state index in [2.05, 4.69) is 36.1 Å². The second-order valence-electron chi connectivity index (χ2n) is 6.17. The Bertz CT molecular complexity index is 439. The van der Waals surface area contributed by atoms with Crippen molar-refractivity contribution in [2.24, 2.45) is 5.73 Å². The molecule has 2 N–H and O–H groups in total. The molecule has 1 aromatic carbocycles. The van der Waals surface area contributed by atoms with Crippen molar-refractivity contribution in [1.29, 1.82) is 0 Å². The topological polar surface area (TPSA) is 29.3 Å². The zero-order valence-corrected chi connectivity index (χ0v) is 12.1. The average Bonchev–Trinajstić information content (AvgIpc) is 3.29. The summed E-state index contributed by atoms with van der Waals surface area (Å²) in [5.74, 6) is 0. The fourth-order valence-electron chi connectivity index (χ4n) is 3.90. The van der Waals surface area contributed by atoms with Crippen LogP contribution in [0.5, 0.6) is 0 Å². The molecule has 0 aromatic heterocycles. The molecule has 2 aliphatic carbocycles. The molecule has 0 spiro atoms. The van der Waals surface area contributed by atoms with Gasteiger partial charge in [-0.3, -0.25) is 4.90 Å². The summed E-state index contributed by atoms with van der Waals surface area (Å²) >= 11 is 0. The fraction of sp³-hybridized carbons (Fsp3) is 0.647. The second kappa shape index (κ2) is 5.26. The van der Waals surface area contributed by atoms with Gasteiger partial charge in [0, 0.05) is 12.6 Å². The van der Waals surface area contributed by atoms with Crippen molar-refractivity contribution in [3.05, 3.63) is 35.4 Å². The monoisotopic (exact) mass is 258 g/mol. The van der Waals surface area contributed by atoms with Gasteiger partial charge in [-0.1, -0.05) is 31.2 Å². The number of nitrogens with zero attached hydrogens (tertiary/aromatic N) is 1. The maximum absolute atomic E-state index is 6.31. The number of nitrogens with two attached hydrogens (primary N) is 1. The van der Waals surface area contributed by atoms with Gasteiger partial charge in [0.2, 0.25) is 0 Å². The Balaban J connectivity index is 2.02. The van der Waals surface area contributed by atoms with Crippen molar-refractivity contribution < 1.29 is 0 Å². The molecule has 0 radical (unpaired) electrons. The normalized spacial score (nSPS) is 26.5. The predicted octanol–water partition coefficient (Wildman–Crippen LogP) is 3.05. The van der Waals surface area contributed by atoms with Gasteiger partial charge in [-0.15, -0.1) is 0 Å². The molecule has 104 valence electrons. The number of aryl methyl sites for hydroxylation is 1. The first-order valence-corrected chi connectivity index (χ1v) is 7.87. The summed E-state index contributed by atoms with van der Waals surface area (Å²) in [5, 5.41) is 0. The highest BCUT2D eigenvalue weighted by atomic mass is 15.3. The van der Waals surface area contributed by atoms with E-state index in [1.54, 1.807) is 0 Å². The third-order valence-electron chi connectivity index (χ3n) is 4.89. The van der Waals surface area contributed by atoms with E-state index in [1.165, 1.54) is 56.2 Å². The first-order chi connectivity index (χ1) is 9.31. The Kier molecular flexibility index (Phi) is 3.64. The smallest absolute Gasteiger partial charge is 0.0588 e. The third kappa shape index (κ3) is 2.21. The van der Waals surface area contributed by atoms with E-state index in [0.29, 0.717) is 0 Å². The average molecular weight is 258 g/mol. The van der Waals surface area contributed by atoms with E-state index >= 15 is 0 Å². The SMILES string of the molecule is CCCN(C1CC1)C1(CN)CCCc2ccccc21. The highest BCUT2D eigenvalue weighted by Gasteiger charge is 2.45. The molecule has 19 heavy (non-hydrogen) atoms. The molecule has 2 heteroatoms. The maximum Gasteiger partial charge on any atom is 0.0588 e. The molecular formula is C17H26N2. The number of hydrogen-bond acceptors (Lipinski definition) is 2. The highest BCUT2D eigenvalue weighted by molar-refractivity contribution is 5.37. The van der Waals surface area contributed by atoms with Crippen LogP contribution in [0.1, 0.15) is 50.2 Å². The van der Waals surface area contributed by atoms with Crippen LogP contribution in [0.2, 0.25) is 0 Å². The summed E-state index contributed by atoms with van der Waals surface area (Å²) in [6, 6.07) is 9.77. The van der Waals surface area contributed by atoms with Crippen molar-refractivity contribution in [2.45, 2.75) is 57.0 Å². The summed E-state index contributed by atoms with van der Waals surface area (Å²) < 4.78 is 0. The largest absolute Gasteiger partial charge is 0.328 e. The third-order valence-corrected chi connectivity index (χ3v) is 4.89. The van der Waals surface area contributed by atoms with Crippen LogP contribution in [0.25, 0.3) is 0 Å². The quantitative estimate of drug-likeness (QED) is 0.879. The first kappa shape index (κ1) is 13.1. The van der Waals surface area contributed by atoms with E-state index < -0.39 is 0 Å². The van der Waals surface area contributed by atoms with E-state index in [-0.39, 0.29) is 5.54 Å². The van der Waals surface area contributed by atoms with Gasteiger partial charge in [0.25, 0.3) is 0 Å². The van der Waals surface area contributed by atoms with Gasteiger partial charge in [0.15, 0.2) is 0 Å². The summed E-state index contributed by atoms with van der Waals surface area (Å²) in [6.45, 7) is 4.24. The molecule has 0 heterocycles. The first-order valence-electron chi connectivity index (χ1n) is 7.87. The number of rotatable bonds is 5. The maximum atomic E-state index is 6.31. The summed E-state index contributed by atoms with van der Waals surface area (Å²) in [6.07, 6.45) is 7.69. The molecule has 0 aliphatic heterocycles. The lowest BCUT2D eigenvalue weighted by Gasteiger charge is -2.47. The van der Waals surface area contributed by atoms with E-state index in [9.17, 15) is 0 Å². The van der Waals surface area contributed by atoms with Gasteiger partial charge in [0.1, 0.15) is 0 Å². The molecule has 2 nitrogen and oxygen atoms in total. The minimum absolute atomic E-state index is 0.117. The Hall–Kier alpha value is -0.860. The van der Waals surface area contributed by atoms with Crippen LogP contribution in [-0.4, -0.2) is 24.0 Å². The summed E-state index contributed by atoms with van der Waals surface area (Å²) in [5.41, 5.74) is 9.47. The van der Waals surface area contributed by atoms with Gasteiger partial charge in [0.05, 0.1) is 5.54 Å². The molecular weight excluding hydrogens is 232 g/mol. The molecule has 0 bridgehead atoms. The van der Waals surface area contributed by atoms with E-state index in [0.717, 1.165) is 12.6 Å². The van der Waals surface area contributed by atoms with Crippen LogP contribution in [0, 0.1) is 0 Å². The lowest BCUT2D eigenvalue weighted by atomic mass is 9.75. The molecule has 1 unspecified atom stereocenters. The molecule has 1 saturated carbocycles. The number of hydrogen-bond donors (Lipinski definition) is 1. The standard InChI is InChI=1S/C17H26N2/c1-2-12-19(15-9-10-15)17(13-18)11-5-7-14-6-3-4-8-16(14)17/h3-4,6,8,15H,2,5,7,9-13,18H2,1H3. The molecule has 3 rings (SSSR count). The van der Waals surface area contributed by atoms with Crippen LogP contribution < -0.4 is 5.73 Å². The Labute approximate surface area is 117 Å². The Morgan fingerprint density at radius 1 is 1.32 bits per heavy atom. The van der Waals surface area contributed by atoms with Gasteiger partial charge < -0.3 is 5.73 Å². The Morgan fingerprint density at radius 3 is 2.79 bits per heavy atom. The Morgan fingerprint density at radius 2 is 2.11 bits per heavy atom. The van der Waals surface area contributed by atoms with Crippen LogP contribution in [0.4, 0.5) is 0 Å². The highest BCUT2D eigenvalue weighted by Crippen LogP contribution is 2.44. The van der Waals surface area contributed by atoms with Gasteiger partial charge in [-0.25, -0.2) is 0 Å². The zero-order chi connectivity index (χ0) is 13.3. The van der Waals surface area contributed by atoms with Gasteiger partial charge in [-0.2, -0.15) is 0 Å². The summed E-state index contributed by atoms with van der Waals surface area (Å²) in [7, 11) is 0. The van der Waals surface area contributed by atoms with Crippen LogP contribution in [0.3, 0.4) is 0 Å². The van der Waals surface area contributed by atoms with Gasteiger partial charge >= 0.3 is 0 Å². The van der Waals surface area contributed by atoms with E-state index in [4.69, 9.17) is 5.73 Å². The fourth-order valence-corrected chi connectivity index (χ4v) is 3.90. The minimum Gasteiger partial charge on any atom is -0.328 e. The molecule has 1 aromatic rings. The lowest BCUT2D eigenvalue weighted by molar-refractivity contribution is 0.0651. The van der Waals surface area contributed by atoms with Crippen molar-refractivity contribution in [1.82, 2.24) is 4.90 Å². The number of benzene rings is 1. The molecule has 1 fully saturated rings. The lowest BCUT2D eigenvalue weighted by Crippen LogP contribution is -2.54. The van der Waals surface area contributed by atoms with Crippen molar-refractivity contribution in [3.8, 4) is 0 Å². The summed E-state index contributed by atoms with van der Waals surface area (Å²) in [4.78, 5) is 2.74. The number of fused-ring (bicyclic) bond motifs is 1. The van der Waals surface area contributed by atoms with Crippen LogP contribution in [-0.2, 0) is 12.0 Å². The predicted molar refractivity (Wildman–Crippen MR) is 80.1 cm³/mol. The van der Waals surface area contributed by atoms with Crippen molar-refractivity contribution in [3.63, 3.8) is 0 Å². The molecule has 0 saturated heterocycles. The molecule has 2 aliphatic rings. The van der Waals surface area contributed by atoms with Crippen LogP contribution in [0.15, 0.2) is 24.3 Å². The van der Waals surface area contributed by atoms with Crippen molar-refractivity contribution in [2.75, 3.05) is 13.1 Å². The van der Waals surface area contributed by atoms with E-state index in [1.807, 2.05) is 0 Å². The molecule has 0 amide bonds. The zero-order valence-electron chi connectivity index (χ0n) is 12.1. The van der Waals surface area contributed by atoms with Crippen molar-refractivity contribution >= 4 is 0 Å². The molecule has 1 atom stereocenters. The minimum atomic E-state index is 0.117. The second-order valence-corrected chi connectivity index (χ2v) is 6.17.